The number of rotatable bonds is 3. The highest BCUT2D eigenvalue weighted by Crippen LogP contribution is 2.24. The number of aliphatic hydroxyl groups is 1. The maximum absolute atomic E-state index is 13.1. The van der Waals surface area contributed by atoms with Gasteiger partial charge in [-0.3, -0.25) is 0 Å². The van der Waals surface area contributed by atoms with Crippen LogP contribution < -0.4 is 0 Å². The van der Waals surface area contributed by atoms with Crippen LogP contribution in [0.3, 0.4) is 0 Å². The maximum atomic E-state index is 13.1. The van der Waals surface area contributed by atoms with E-state index < -0.39 is 12.7 Å². The molecular weight excluding hydrogens is 221 g/mol. The topological polar surface area (TPSA) is 38.1 Å². The Morgan fingerprint density at radius 1 is 1.31 bits per heavy atom. The van der Waals surface area contributed by atoms with Crippen LogP contribution >= 0.6 is 0 Å². The van der Waals surface area contributed by atoms with Crippen molar-refractivity contribution in [1.29, 1.82) is 0 Å². The molecule has 0 fully saturated rings. The molecule has 0 radical (unpaired) electrons. The SMILES string of the molecule is OCc1ccc2cnn(C(F)C(F)F)c2c1. The van der Waals surface area contributed by atoms with Gasteiger partial charge in [0.15, 0.2) is 0 Å². The molecule has 0 bridgehead atoms. The molecule has 0 aliphatic rings. The monoisotopic (exact) mass is 230 g/mol. The van der Waals surface area contributed by atoms with Crippen LogP contribution in [-0.4, -0.2) is 21.3 Å². The predicted octanol–water partition coefficient (Wildman–Crippen LogP) is 2.26. The van der Waals surface area contributed by atoms with Crippen LogP contribution in [0, 0.1) is 0 Å². The standard InChI is InChI=1S/C10H9F3N2O/c11-9(12)10(13)15-8-3-6(5-16)1-2-7(8)4-14-15/h1-4,9-10,16H,5H2. The lowest BCUT2D eigenvalue weighted by atomic mass is 10.2. The Bertz CT molecular complexity index is 498. The zero-order valence-corrected chi connectivity index (χ0v) is 8.15. The fraction of sp³-hybridized carbons (Fsp3) is 0.300. The fourth-order valence-electron chi connectivity index (χ4n) is 1.49. The van der Waals surface area contributed by atoms with Crippen LogP contribution in [0.25, 0.3) is 10.9 Å². The zero-order chi connectivity index (χ0) is 11.7. The second-order valence-electron chi connectivity index (χ2n) is 3.35. The molecule has 0 aliphatic heterocycles. The molecule has 1 atom stereocenters. The van der Waals surface area contributed by atoms with Gasteiger partial charge < -0.3 is 5.11 Å². The van der Waals surface area contributed by atoms with Crippen molar-refractivity contribution in [2.75, 3.05) is 0 Å². The molecule has 0 aliphatic carbocycles. The van der Waals surface area contributed by atoms with Gasteiger partial charge in [-0.25, -0.2) is 17.9 Å². The number of alkyl halides is 3. The van der Waals surface area contributed by atoms with E-state index in [1.165, 1.54) is 12.3 Å². The Hall–Kier alpha value is -1.56. The first-order valence-corrected chi connectivity index (χ1v) is 4.62. The number of hydrogen-bond donors (Lipinski definition) is 1. The van der Waals surface area contributed by atoms with Crippen LogP contribution in [-0.2, 0) is 6.61 Å². The summed E-state index contributed by atoms with van der Waals surface area (Å²) in [5.41, 5.74) is 0.773. The molecule has 2 rings (SSSR count). The molecule has 1 N–H and O–H groups in total. The average molecular weight is 230 g/mol. The quantitative estimate of drug-likeness (QED) is 0.878. The third-order valence-electron chi connectivity index (χ3n) is 2.29. The summed E-state index contributed by atoms with van der Waals surface area (Å²) >= 11 is 0. The molecule has 0 spiro atoms. The van der Waals surface area contributed by atoms with E-state index >= 15 is 0 Å². The Morgan fingerprint density at radius 2 is 2.06 bits per heavy atom. The van der Waals surface area contributed by atoms with E-state index in [4.69, 9.17) is 5.11 Å². The van der Waals surface area contributed by atoms with E-state index in [-0.39, 0.29) is 12.1 Å². The first-order chi connectivity index (χ1) is 7.63. The van der Waals surface area contributed by atoms with Gasteiger partial charge in [0.25, 0.3) is 12.7 Å². The van der Waals surface area contributed by atoms with Gasteiger partial charge in [-0.2, -0.15) is 5.10 Å². The number of halogens is 3. The highest BCUT2D eigenvalue weighted by atomic mass is 19.3. The van der Waals surface area contributed by atoms with Crippen molar-refractivity contribution in [1.82, 2.24) is 9.78 Å². The molecule has 1 unspecified atom stereocenters. The minimum atomic E-state index is -3.12. The van der Waals surface area contributed by atoms with E-state index in [2.05, 4.69) is 5.10 Å². The predicted molar refractivity (Wildman–Crippen MR) is 51.8 cm³/mol. The summed E-state index contributed by atoms with van der Waals surface area (Å²) in [6.07, 6.45) is -4.28. The number of fused-ring (bicyclic) bond motifs is 1. The van der Waals surface area contributed by atoms with E-state index in [0.717, 1.165) is 0 Å². The van der Waals surface area contributed by atoms with Crippen LogP contribution in [0.1, 0.15) is 11.9 Å². The molecule has 1 aromatic heterocycles. The number of benzene rings is 1. The van der Waals surface area contributed by atoms with Gasteiger partial charge in [0.2, 0.25) is 0 Å². The second-order valence-corrected chi connectivity index (χ2v) is 3.35. The lowest BCUT2D eigenvalue weighted by Crippen LogP contribution is -2.13. The fourth-order valence-corrected chi connectivity index (χ4v) is 1.49. The average Bonchev–Trinajstić information content (AvgIpc) is 2.70. The first-order valence-electron chi connectivity index (χ1n) is 4.62. The molecule has 0 saturated heterocycles. The smallest absolute Gasteiger partial charge is 0.289 e. The molecule has 0 amide bonds. The molecule has 86 valence electrons. The van der Waals surface area contributed by atoms with Gasteiger partial charge in [0.1, 0.15) is 0 Å². The van der Waals surface area contributed by atoms with Gasteiger partial charge in [0, 0.05) is 5.39 Å². The van der Waals surface area contributed by atoms with Crippen LogP contribution in [0.5, 0.6) is 0 Å². The van der Waals surface area contributed by atoms with Crippen molar-refractivity contribution in [3.63, 3.8) is 0 Å². The van der Waals surface area contributed by atoms with Crippen molar-refractivity contribution in [2.24, 2.45) is 0 Å². The van der Waals surface area contributed by atoms with Gasteiger partial charge in [-0.05, 0) is 11.6 Å². The van der Waals surface area contributed by atoms with Gasteiger partial charge in [-0.15, -0.1) is 0 Å². The Labute approximate surface area is 89.1 Å². The molecular formula is C10H9F3N2O. The first kappa shape index (κ1) is 10.9. The molecule has 1 heterocycles. The summed E-state index contributed by atoms with van der Waals surface area (Å²) in [4.78, 5) is 0. The number of nitrogens with zero attached hydrogens (tertiary/aromatic N) is 2. The van der Waals surface area contributed by atoms with Crippen molar-refractivity contribution >= 4 is 10.9 Å². The van der Waals surface area contributed by atoms with Gasteiger partial charge in [0.05, 0.1) is 18.3 Å². The van der Waals surface area contributed by atoms with E-state index in [9.17, 15) is 13.2 Å². The minimum Gasteiger partial charge on any atom is -0.392 e. The zero-order valence-electron chi connectivity index (χ0n) is 8.15. The molecule has 3 nitrogen and oxygen atoms in total. The van der Waals surface area contributed by atoms with Crippen LogP contribution in [0.4, 0.5) is 13.2 Å². The Morgan fingerprint density at radius 3 is 2.69 bits per heavy atom. The summed E-state index contributed by atoms with van der Waals surface area (Å²) in [6, 6.07) is 4.67. The number of hydrogen-bond acceptors (Lipinski definition) is 2. The Balaban J connectivity index is 2.53. The largest absolute Gasteiger partial charge is 0.392 e. The molecule has 2 aromatic rings. The molecule has 6 heteroatoms. The maximum Gasteiger partial charge on any atom is 0.289 e. The van der Waals surface area contributed by atoms with E-state index in [1.807, 2.05) is 0 Å². The number of aliphatic hydroxyl groups excluding tert-OH is 1. The Kier molecular flexibility index (Phi) is 2.82. The molecule has 0 saturated carbocycles. The van der Waals surface area contributed by atoms with Crippen LogP contribution in [0.2, 0.25) is 0 Å². The number of aromatic nitrogens is 2. The van der Waals surface area contributed by atoms with Crippen molar-refractivity contribution in [2.45, 2.75) is 19.3 Å². The van der Waals surface area contributed by atoms with Crippen molar-refractivity contribution in [3.8, 4) is 0 Å². The summed E-state index contributed by atoms with van der Waals surface area (Å²) in [7, 11) is 0. The minimum absolute atomic E-state index is 0.229. The molecule has 16 heavy (non-hydrogen) atoms. The normalized spacial score (nSPS) is 13.6. The summed E-state index contributed by atoms with van der Waals surface area (Å²) in [5.74, 6) is 0. The third kappa shape index (κ3) is 1.76. The second kappa shape index (κ2) is 4.13. The van der Waals surface area contributed by atoms with Gasteiger partial charge in [-0.1, -0.05) is 12.1 Å². The third-order valence-corrected chi connectivity index (χ3v) is 2.29. The summed E-state index contributed by atoms with van der Waals surface area (Å²) in [5, 5.41) is 13.0. The summed E-state index contributed by atoms with van der Waals surface area (Å²) < 4.78 is 38.2. The molecule has 1 aromatic carbocycles. The highest BCUT2D eigenvalue weighted by molar-refractivity contribution is 5.79. The lowest BCUT2D eigenvalue weighted by molar-refractivity contribution is 0.00343. The van der Waals surface area contributed by atoms with Crippen molar-refractivity contribution in [3.05, 3.63) is 30.0 Å². The lowest BCUT2D eigenvalue weighted by Gasteiger charge is -2.08. The summed E-state index contributed by atoms with van der Waals surface area (Å²) in [6.45, 7) is -0.229. The van der Waals surface area contributed by atoms with Crippen molar-refractivity contribution < 1.29 is 18.3 Å². The van der Waals surface area contributed by atoms with E-state index in [1.54, 1.807) is 12.1 Å². The van der Waals surface area contributed by atoms with Gasteiger partial charge >= 0.3 is 0 Å². The highest BCUT2D eigenvalue weighted by Gasteiger charge is 2.23. The van der Waals surface area contributed by atoms with Crippen LogP contribution in [0.15, 0.2) is 24.4 Å². The van der Waals surface area contributed by atoms with E-state index in [0.29, 0.717) is 15.6 Å².